The van der Waals surface area contributed by atoms with E-state index in [1.807, 2.05) is 24.3 Å². The number of hydrogen-bond donors (Lipinski definition) is 0. The van der Waals surface area contributed by atoms with Crippen molar-refractivity contribution in [3.8, 4) is 89.0 Å². The molecule has 0 aliphatic carbocycles. The van der Waals surface area contributed by atoms with Gasteiger partial charge in [0.25, 0.3) is 0 Å². The second-order valence-corrected chi connectivity index (χ2v) is 15.7. The number of hydrogen-bond acceptors (Lipinski definition) is 0. The van der Waals surface area contributed by atoms with Crippen LogP contribution in [-0.4, -0.2) is 0 Å². The third-order valence-corrected chi connectivity index (χ3v) is 11.8. The Labute approximate surface area is 356 Å². The molecule has 296 valence electrons. The van der Waals surface area contributed by atoms with E-state index in [0.717, 1.165) is 72.3 Å². The van der Waals surface area contributed by atoms with Gasteiger partial charge < -0.3 is 0 Å². The fourth-order valence-corrected chi connectivity index (χ4v) is 8.59. The van der Waals surface area contributed by atoms with Gasteiger partial charge in [0.15, 0.2) is 0 Å². The van der Waals surface area contributed by atoms with Gasteiger partial charge in [0.2, 0.25) is 0 Å². The highest BCUT2D eigenvalue weighted by molar-refractivity contribution is 6.15. The van der Waals surface area contributed by atoms with Crippen molar-refractivity contribution in [2.45, 2.75) is 26.9 Å². The third kappa shape index (κ3) is 7.72. The fourth-order valence-electron chi connectivity index (χ4n) is 8.59. The van der Waals surface area contributed by atoms with Gasteiger partial charge in [0.1, 0.15) is 0 Å². The maximum atomic E-state index is 14.1. The van der Waals surface area contributed by atoms with Crippen LogP contribution in [0.5, 0.6) is 0 Å². The highest BCUT2D eigenvalue weighted by Gasteiger charge is 2.33. The molecule has 0 bridgehead atoms. The van der Waals surface area contributed by atoms with Crippen LogP contribution >= 0.6 is 0 Å². The van der Waals surface area contributed by atoms with E-state index in [4.69, 9.17) is 0 Å². The predicted octanol–water partition coefficient (Wildman–Crippen LogP) is 17.0. The quantitative estimate of drug-likeness (QED) is 0.144. The normalized spacial score (nSPS) is 11.4. The lowest BCUT2D eigenvalue weighted by atomic mass is 9.74. The minimum absolute atomic E-state index is 0.203. The van der Waals surface area contributed by atoms with Crippen molar-refractivity contribution in [2.24, 2.45) is 0 Å². The average Bonchev–Trinajstić information content (AvgIpc) is 3.30. The van der Waals surface area contributed by atoms with E-state index in [9.17, 15) is 13.2 Å². The summed E-state index contributed by atoms with van der Waals surface area (Å²) in [5, 5.41) is 0. The molecule has 0 aromatic heterocycles. The summed E-state index contributed by atoms with van der Waals surface area (Å²) in [6, 6.07) is 70.6. The summed E-state index contributed by atoms with van der Waals surface area (Å²) in [5.74, 6) is 0. The van der Waals surface area contributed by atoms with Crippen molar-refractivity contribution < 1.29 is 13.2 Å². The second-order valence-electron chi connectivity index (χ2n) is 15.7. The number of alkyl halides is 3. The highest BCUT2D eigenvalue weighted by atomic mass is 19.4. The van der Waals surface area contributed by atoms with E-state index in [1.165, 1.54) is 29.7 Å². The number of halogens is 3. The van der Waals surface area contributed by atoms with Gasteiger partial charge in [0, 0.05) is 0 Å². The molecule has 9 aromatic rings. The van der Waals surface area contributed by atoms with Crippen LogP contribution in [0.15, 0.2) is 206 Å². The fraction of sp³-hybridized carbons (Fsp3) is 0.0690. The first kappa shape index (κ1) is 39.2. The lowest BCUT2D eigenvalue weighted by Crippen LogP contribution is -2.07. The Hall–Kier alpha value is -7.23. The predicted molar refractivity (Wildman–Crippen MR) is 249 cm³/mol. The van der Waals surface area contributed by atoms with Crippen molar-refractivity contribution in [1.82, 2.24) is 0 Å². The zero-order chi connectivity index (χ0) is 42.1. The Balaban J connectivity index is 1.41. The monoisotopic (exact) mass is 796 g/mol. The molecule has 0 fully saturated rings. The standard InChI is InChI=1S/C58H43F3/c1-38-24-26-49(36-40(38)3)41-28-32-47(33-29-41)56-52(43-16-8-4-9-17-43)54(45-20-12-6-13-21-45)57(55(46-22-14-7-15-23-46)53(56)44-18-10-5-11-19-44)48-34-30-42(31-35-48)50-27-25-39(2)51(37-50)58(59,60)61/h4-37H,1-3H3. The van der Waals surface area contributed by atoms with Crippen molar-refractivity contribution in [2.75, 3.05) is 0 Å². The van der Waals surface area contributed by atoms with Crippen LogP contribution in [0.25, 0.3) is 89.0 Å². The number of rotatable bonds is 8. The molecule has 0 saturated heterocycles. The van der Waals surface area contributed by atoms with Crippen molar-refractivity contribution >= 4 is 0 Å². The zero-order valence-electron chi connectivity index (χ0n) is 34.3. The van der Waals surface area contributed by atoms with Gasteiger partial charge in [-0.15, -0.1) is 0 Å². The van der Waals surface area contributed by atoms with Gasteiger partial charge in [-0.1, -0.05) is 200 Å². The molecule has 0 amide bonds. The Bertz CT molecular complexity index is 2860. The topological polar surface area (TPSA) is 0 Å². The molecule has 0 unspecified atom stereocenters. The molecule has 9 rings (SSSR count). The van der Waals surface area contributed by atoms with Crippen LogP contribution < -0.4 is 0 Å². The molecule has 61 heavy (non-hydrogen) atoms. The molecule has 0 spiro atoms. The summed E-state index contributed by atoms with van der Waals surface area (Å²) < 4.78 is 42.2. The summed E-state index contributed by atoms with van der Waals surface area (Å²) in [6.07, 6.45) is -4.45. The Morgan fingerprint density at radius 3 is 0.820 bits per heavy atom. The van der Waals surface area contributed by atoms with E-state index < -0.39 is 11.7 Å². The van der Waals surface area contributed by atoms with Crippen LogP contribution in [0.1, 0.15) is 22.3 Å². The van der Waals surface area contributed by atoms with Gasteiger partial charge in [-0.25, -0.2) is 0 Å². The molecule has 3 heteroatoms. The minimum atomic E-state index is -4.45. The second kappa shape index (κ2) is 16.4. The van der Waals surface area contributed by atoms with Crippen LogP contribution in [-0.2, 0) is 6.18 Å². The van der Waals surface area contributed by atoms with Gasteiger partial charge >= 0.3 is 6.18 Å². The molecule has 9 aromatic carbocycles. The van der Waals surface area contributed by atoms with Crippen LogP contribution in [0.4, 0.5) is 13.2 Å². The molecule has 0 radical (unpaired) electrons. The van der Waals surface area contributed by atoms with Crippen LogP contribution in [0.2, 0.25) is 0 Å². The van der Waals surface area contributed by atoms with Crippen LogP contribution in [0.3, 0.4) is 0 Å². The lowest BCUT2D eigenvalue weighted by molar-refractivity contribution is -0.138. The van der Waals surface area contributed by atoms with Gasteiger partial charge in [-0.2, -0.15) is 13.2 Å². The molecule has 0 aliphatic heterocycles. The maximum absolute atomic E-state index is 14.1. The van der Waals surface area contributed by atoms with E-state index in [1.54, 1.807) is 12.1 Å². The zero-order valence-corrected chi connectivity index (χ0v) is 34.3. The molecule has 0 N–H and O–H groups in total. The molecule has 0 heterocycles. The maximum Gasteiger partial charge on any atom is 0.416 e. The van der Waals surface area contributed by atoms with E-state index in [2.05, 4.69) is 178 Å². The molecule has 0 saturated carbocycles. The molecule has 0 nitrogen and oxygen atoms in total. The molecule has 0 aliphatic rings. The largest absolute Gasteiger partial charge is 0.416 e. The number of benzene rings is 9. The summed E-state index contributed by atoms with van der Waals surface area (Å²) in [5.41, 5.74) is 18.4. The summed E-state index contributed by atoms with van der Waals surface area (Å²) in [4.78, 5) is 0. The van der Waals surface area contributed by atoms with E-state index >= 15 is 0 Å². The first-order chi connectivity index (χ1) is 29.7. The first-order valence-corrected chi connectivity index (χ1v) is 20.6. The summed E-state index contributed by atoms with van der Waals surface area (Å²) >= 11 is 0. The van der Waals surface area contributed by atoms with Crippen LogP contribution in [0, 0.1) is 20.8 Å². The van der Waals surface area contributed by atoms with E-state index in [0.29, 0.717) is 11.1 Å². The SMILES string of the molecule is Cc1ccc(-c2ccc(-c3c(-c4ccccc4)c(-c4ccccc4)c(-c4ccc(-c5ccc(C)c(C(F)(F)F)c5)cc4)c(-c4ccccc4)c3-c3ccccc3)cc2)cc1C. The van der Waals surface area contributed by atoms with Gasteiger partial charge in [-0.3, -0.25) is 0 Å². The third-order valence-electron chi connectivity index (χ3n) is 11.8. The van der Waals surface area contributed by atoms with Crippen molar-refractivity contribution in [1.29, 1.82) is 0 Å². The molecular weight excluding hydrogens is 754 g/mol. The lowest BCUT2D eigenvalue weighted by Gasteiger charge is -2.29. The number of aryl methyl sites for hydroxylation is 3. The summed E-state index contributed by atoms with van der Waals surface area (Å²) in [7, 11) is 0. The van der Waals surface area contributed by atoms with E-state index in [-0.39, 0.29) is 5.56 Å². The average molecular weight is 797 g/mol. The Morgan fingerprint density at radius 2 is 0.508 bits per heavy atom. The molecule has 0 atom stereocenters. The molecular formula is C58H43F3. The minimum Gasteiger partial charge on any atom is -0.166 e. The van der Waals surface area contributed by atoms with Gasteiger partial charge in [-0.05, 0) is 133 Å². The van der Waals surface area contributed by atoms with Crippen molar-refractivity contribution in [3.63, 3.8) is 0 Å². The Morgan fingerprint density at radius 1 is 0.246 bits per heavy atom. The van der Waals surface area contributed by atoms with Gasteiger partial charge in [0.05, 0.1) is 5.56 Å². The highest BCUT2D eigenvalue weighted by Crippen LogP contribution is 2.56. The first-order valence-electron chi connectivity index (χ1n) is 20.6. The summed E-state index contributed by atoms with van der Waals surface area (Å²) in [6.45, 7) is 5.80. The Kier molecular flexibility index (Phi) is 10.6. The smallest absolute Gasteiger partial charge is 0.166 e. The van der Waals surface area contributed by atoms with Crippen molar-refractivity contribution in [3.05, 3.63) is 229 Å².